The van der Waals surface area contributed by atoms with E-state index in [0.717, 1.165) is 24.5 Å². The highest BCUT2D eigenvalue weighted by Crippen LogP contribution is 2.23. The Bertz CT molecular complexity index is 409. The van der Waals surface area contributed by atoms with Gasteiger partial charge >= 0.3 is 0 Å². The summed E-state index contributed by atoms with van der Waals surface area (Å²) in [5.41, 5.74) is 1.28. The van der Waals surface area contributed by atoms with Crippen LogP contribution < -0.4 is 0 Å². The summed E-state index contributed by atoms with van der Waals surface area (Å²) in [4.78, 5) is 10.9. The van der Waals surface area contributed by atoms with Crippen molar-refractivity contribution in [2.45, 2.75) is 13.8 Å². The van der Waals surface area contributed by atoms with Crippen LogP contribution in [0.1, 0.15) is 19.4 Å². The Hall–Kier alpha value is -1.09. The minimum atomic E-state index is 0.248. The molecule has 0 saturated carbocycles. The second-order valence-electron chi connectivity index (χ2n) is 5.03. The standard InChI is InChI=1S/C12H16ClN3/c1-12(2)7-15-11(16(3)8-12)9-4-5-10(13)14-6-9/h4-6H,7-8H2,1-3H3. The van der Waals surface area contributed by atoms with Gasteiger partial charge in [0.25, 0.3) is 0 Å². The summed E-state index contributed by atoms with van der Waals surface area (Å²) in [6.07, 6.45) is 1.77. The van der Waals surface area contributed by atoms with E-state index in [-0.39, 0.29) is 5.41 Å². The third kappa shape index (κ3) is 2.35. The molecule has 1 aromatic heterocycles. The maximum Gasteiger partial charge on any atom is 0.132 e. The first-order chi connectivity index (χ1) is 7.48. The van der Waals surface area contributed by atoms with Crippen molar-refractivity contribution in [1.82, 2.24) is 9.88 Å². The Kier molecular flexibility index (Phi) is 2.89. The highest BCUT2D eigenvalue weighted by atomic mass is 35.5. The van der Waals surface area contributed by atoms with Gasteiger partial charge in [0.1, 0.15) is 11.0 Å². The van der Waals surface area contributed by atoms with Gasteiger partial charge in [-0.25, -0.2) is 4.98 Å². The molecule has 0 fully saturated rings. The van der Waals surface area contributed by atoms with Gasteiger partial charge in [0.05, 0.1) is 0 Å². The van der Waals surface area contributed by atoms with Crippen LogP contribution in [0.4, 0.5) is 0 Å². The molecule has 0 saturated heterocycles. The highest BCUT2D eigenvalue weighted by molar-refractivity contribution is 6.29. The Morgan fingerprint density at radius 2 is 2.12 bits per heavy atom. The monoisotopic (exact) mass is 237 g/mol. The molecule has 3 nitrogen and oxygen atoms in total. The van der Waals surface area contributed by atoms with E-state index in [1.54, 1.807) is 12.3 Å². The first kappa shape index (κ1) is 11.4. The van der Waals surface area contributed by atoms with Crippen molar-refractivity contribution in [2.75, 3.05) is 20.1 Å². The third-order valence-corrected chi connectivity index (χ3v) is 2.89. The van der Waals surface area contributed by atoms with E-state index in [2.05, 4.69) is 35.8 Å². The number of hydrogen-bond donors (Lipinski definition) is 0. The zero-order chi connectivity index (χ0) is 11.8. The van der Waals surface area contributed by atoms with E-state index in [0.29, 0.717) is 5.15 Å². The van der Waals surface area contributed by atoms with Crippen molar-refractivity contribution in [1.29, 1.82) is 0 Å². The summed E-state index contributed by atoms with van der Waals surface area (Å²) in [5.74, 6) is 1.00. The third-order valence-electron chi connectivity index (χ3n) is 2.67. The molecule has 0 aromatic carbocycles. The molecule has 1 aliphatic rings. The largest absolute Gasteiger partial charge is 0.359 e. The number of halogens is 1. The lowest BCUT2D eigenvalue weighted by atomic mass is 9.91. The van der Waals surface area contributed by atoms with Crippen LogP contribution >= 0.6 is 11.6 Å². The average molecular weight is 238 g/mol. The molecule has 0 radical (unpaired) electrons. The van der Waals surface area contributed by atoms with E-state index < -0.39 is 0 Å². The van der Waals surface area contributed by atoms with Gasteiger partial charge in [-0.15, -0.1) is 0 Å². The second-order valence-corrected chi connectivity index (χ2v) is 5.42. The van der Waals surface area contributed by atoms with Crippen LogP contribution in [-0.4, -0.2) is 35.9 Å². The summed E-state index contributed by atoms with van der Waals surface area (Å²) in [5, 5.41) is 0.517. The molecule has 2 rings (SSSR count). The maximum atomic E-state index is 5.77. The van der Waals surface area contributed by atoms with Gasteiger partial charge in [-0.3, -0.25) is 4.99 Å². The van der Waals surface area contributed by atoms with Crippen molar-refractivity contribution in [3.8, 4) is 0 Å². The van der Waals surface area contributed by atoms with Gasteiger partial charge in [0.15, 0.2) is 0 Å². The Labute approximate surface area is 101 Å². The van der Waals surface area contributed by atoms with Gasteiger partial charge in [0, 0.05) is 37.3 Å². The lowest BCUT2D eigenvalue weighted by Crippen LogP contribution is -2.42. The molecule has 0 bridgehead atoms. The zero-order valence-electron chi connectivity index (χ0n) is 9.87. The van der Waals surface area contributed by atoms with Crippen LogP contribution in [0.3, 0.4) is 0 Å². The molecule has 0 spiro atoms. The Morgan fingerprint density at radius 3 is 2.69 bits per heavy atom. The number of amidine groups is 1. The smallest absolute Gasteiger partial charge is 0.132 e. The molecule has 4 heteroatoms. The fourth-order valence-corrected chi connectivity index (χ4v) is 2.11. The fraction of sp³-hybridized carbons (Fsp3) is 0.500. The normalized spacial score (nSPS) is 19.5. The Balaban J connectivity index is 2.28. The lowest BCUT2D eigenvalue weighted by molar-refractivity contribution is 0.267. The minimum Gasteiger partial charge on any atom is -0.359 e. The molecular formula is C12H16ClN3. The van der Waals surface area contributed by atoms with Crippen LogP contribution in [0, 0.1) is 5.41 Å². The predicted octanol–water partition coefficient (Wildman–Crippen LogP) is 2.45. The molecule has 0 aliphatic carbocycles. The first-order valence-corrected chi connectivity index (χ1v) is 5.73. The maximum absolute atomic E-state index is 5.77. The SMILES string of the molecule is CN1CC(C)(C)CN=C1c1ccc(Cl)nc1. The molecule has 0 N–H and O–H groups in total. The van der Waals surface area contributed by atoms with Crippen molar-refractivity contribution < 1.29 is 0 Å². The van der Waals surface area contributed by atoms with E-state index in [1.165, 1.54) is 0 Å². The number of rotatable bonds is 1. The fourth-order valence-electron chi connectivity index (χ4n) is 2.00. The number of pyridine rings is 1. The summed E-state index contributed by atoms with van der Waals surface area (Å²) in [6, 6.07) is 3.76. The highest BCUT2D eigenvalue weighted by Gasteiger charge is 2.26. The van der Waals surface area contributed by atoms with E-state index in [9.17, 15) is 0 Å². The number of aromatic nitrogens is 1. The topological polar surface area (TPSA) is 28.5 Å². The first-order valence-electron chi connectivity index (χ1n) is 5.35. The lowest BCUT2D eigenvalue weighted by Gasteiger charge is -2.35. The summed E-state index contributed by atoms with van der Waals surface area (Å²) in [6.45, 7) is 6.32. The minimum absolute atomic E-state index is 0.248. The quantitative estimate of drug-likeness (QED) is 0.702. The van der Waals surface area contributed by atoms with E-state index >= 15 is 0 Å². The van der Waals surface area contributed by atoms with Crippen molar-refractivity contribution in [3.05, 3.63) is 29.0 Å². The van der Waals surface area contributed by atoms with Gasteiger partial charge in [0.2, 0.25) is 0 Å². The number of aliphatic imine (C=N–C) groups is 1. The predicted molar refractivity (Wildman–Crippen MR) is 67.1 cm³/mol. The zero-order valence-corrected chi connectivity index (χ0v) is 10.6. The van der Waals surface area contributed by atoms with Gasteiger partial charge in [-0.2, -0.15) is 0 Å². The van der Waals surface area contributed by atoms with Crippen molar-refractivity contribution in [3.63, 3.8) is 0 Å². The van der Waals surface area contributed by atoms with Gasteiger partial charge in [-0.1, -0.05) is 25.4 Å². The molecule has 86 valence electrons. The van der Waals surface area contributed by atoms with Gasteiger partial charge < -0.3 is 4.90 Å². The van der Waals surface area contributed by atoms with Gasteiger partial charge in [-0.05, 0) is 12.1 Å². The van der Waals surface area contributed by atoms with Crippen LogP contribution in [0.15, 0.2) is 23.3 Å². The van der Waals surface area contributed by atoms with E-state index in [4.69, 9.17) is 11.6 Å². The van der Waals surface area contributed by atoms with Crippen LogP contribution in [0.25, 0.3) is 0 Å². The van der Waals surface area contributed by atoms with Crippen LogP contribution in [0.2, 0.25) is 5.15 Å². The Morgan fingerprint density at radius 1 is 1.38 bits per heavy atom. The molecule has 16 heavy (non-hydrogen) atoms. The van der Waals surface area contributed by atoms with E-state index in [1.807, 2.05) is 6.07 Å². The summed E-state index contributed by atoms with van der Waals surface area (Å²) >= 11 is 5.77. The second kappa shape index (κ2) is 4.06. The average Bonchev–Trinajstić information content (AvgIpc) is 2.19. The summed E-state index contributed by atoms with van der Waals surface area (Å²) < 4.78 is 0. The number of nitrogens with zero attached hydrogens (tertiary/aromatic N) is 3. The number of hydrogen-bond acceptors (Lipinski definition) is 3. The summed E-state index contributed by atoms with van der Waals surface area (Å²) in [7, 11) is 2.06. The van der Waals surface area contributed by atoms with Crippen molar-refractivity contribution >= 4 is 17.4 Å². The molecule has 0 unspecified atom stereocenters. The molecule has 2 heterocycles. The molecule has 0 amide bonds. The molecular weight excluding hydrogens is 222 g/mol. The molecule has 1 aromatic rings. The van der Waals surface area contributed by atoms with Crippen LogP contribution in [-0.2, 0) is 0 Å². The van der Waals surface area contributed by atoms with Crippen molar-refractivity contribution in [2.24, 2.45) is 10.4 Å². The van der Waals surface area contributed by atoms with Crippen LogP contribution in [0.5, 0.6) is 0 Å². The molecule has 0 atom stereocenters. The molecule has 1 aliphatic heterocycles.